The fraction of sp³-hybridized carbons (Fsp3) is 0.294. The molecule has 0 spiro atoms. The molecule has 2 rings (SSSR count). The van der Waals surface area contributed by atoms with E-state index in [4.69, 9.17) is 9.47 Å². The molecule has 0 aliphatic rings. The van der Waals surface area contributed by atoms with Crippen molar-refractivity contribution in [2.24, 2.45) is 0 Å². The first-order chi connectivity index (χ1) is 10.1. The molecule has 3 nitrogen and oxygen atoms in total. The van der Waals surface area contributed by atoms with Gasteiger partial charge < -0.3 is 14.8 Å². The fourth-order valence-corrected chi connectivity index (χ4v) is 2.67. The maximum absolute atomic E-state index is 5.34. The van der Waals surface area contributed by atoms with Crippen molar-refractivity contribution in [3.63, 3.8) is 0 Å². The molecule has 21 heavy (non-hydrogen) atoms. The van der Waals surface area contributed by atoms with Crippen molar-refractivity contribution < 1.29 is 9.47 Å². The average molecular weight is 350 g/mol. The highest BCUT2D eigenvalue weighted by Gasteiger charge is 2.08. The number of benzene rings is 2. The van der Waals surface area contributed by atoms with E-state index in [-0.39, 0.29) is 0 Å². The zero-order valence-electron chi connectivity index (χ0n) is 12.5. The lowest BCUT2D eigenvalue weighted by molar-refractivity contribution is 0.354. The van der Waals surface area contributed by atoms with Crippen LogP contribution in [0.25, 0.3) is 0 Å². The van der Waals surface area contributed by atoms with Crippen LogP contribution in [0.2, 0.25) is 0 Å². The van der Waals surface area contributed by atoms with Gasteiger partial charge in [-0.05, 0) is 49.2 Å². The Hall–Kier alpha value is -1.68. The summed E-state index contributed by atoms with van der Waals surface area (Å²) in [4.78, 5) is 0. The molecule has 0 saturated heterocycles. The lowest BCUT2D eigenvalue weighted by Crippen LogP contribution is -2.18. The third-order valence-electron chi connectivity index (χ3n) is 3.23. The Kier molecular flexibility index (Phi) is 5.51. The number of hydrogen-bond donors (Lipinski definition) is 1. The predicted octanol–water partition coefficient (Wildman–Crippen LogP) is 4.51. The summed E-state index contributed by atoms with van der Waals surface area (Å²) in [6.07, 6.45) is 0.910. The van der Waals surface area contributed by atoms with E-state index in [1.807, 2.05) is 24.3 Å². The summed E-state index contributed by atoms with van der Waals surface area (Å²) in [6.45, 7) is 2.16. The van der Waals surface area contributed by atoms with E-state index >= 15 is 0 Å². The van der Waals surface area contributed by atoms with Crippen LogP contribution in [0.1, 0.15) is 12.5 Å². The van der Waals surface area contributed by atoms with Crippen LogP contribution in [0.15, 0.2) is 46.9 Å². The molecule has 0 aliphatic heterocycles. The van der Waals surface area contributed by atoms with Crippen molar-refractivity contribution in [3.05, 3.63) is 52.5 Å². The third kappa shape index (κ3) is 4.39. The van der Waals surface area contributed by atoms with Crippen LogP contribution in [0, 0.1) is 0 Å². The van der Waals surface area contributed by atoms with Gasteiger partial charge in [0.2, 0.25) is 0 Å². The Bertz CT molecular complexity index is 601. The molecule has 0 saturated carbocycles. The average Bonchev–Trinajstić information content (AvgIpc) is 2.47. The number of hydrogen-bond acceptors (Lipinski definition) is 3. The first-order valence-electron chi connectivity index (χ1n) is 6.85. The van der Waals surface area contributed by atoms with Gasteiger partial charge in [-0.3, -0.25) is 0 Å². The largest absolute Gasteiger partial charge is 0.493 e. The van der Waals surface area contributed by atoms with Gasteiger partial charge in [-0.2, -0.15) is 0 Å². The predicted molar refractivity (Wildman–Crippen MR) is 90.5 cm³/mol. The summed E-state index contributed by atoms with van der Waals surface area (Å²) in [5.74, 6) is 1.53. The molecule has 0 heterocycles. The molecule has 0 amide bonds. The Morgan fingerprint density at radius 3 is 2.48 bits per heavy atom. The van der Waals surface area contributed by atoms with Gasteiger partial charge in [0, 0.05) is 16.2 Å². The highest BCUT2D eigenvalue weighted by molar-refractivity contribution is 9.10. The molecule has 0 radical (unpaired) electrons. The number of methoxy groups -OCH3 is 2. The fourth-order valence-electron chi connectivity index (χ4n) is 2.27. The van der Waals surface area contributed by atoms with Gasteiger partial charge in [0.05, 0.1) is 14.2 Å². The maximum Gasteiger partial charge on any atom is 0.160 e. The molecular weight excluding hydrogens is 330 g/mol. The Morgan fingerprint density at radius 1 is 1.05 bits per heavy atom. The van der Waals surface area contributed by atoms with Crippen molar-refractivity contribution in [3.8, 4) is 11.5 Å². The second kappa shape index (κ2) is 7.36. The Balaban J connectivity index is 2.04. The number of halogens is 1. The Morgan fingerprint density at radius 2 is 1.81 bits per heavy atom. The van der Waals surface area contributed by atoms with Gasteiger partial charge in [0.15, 0.2) is 11.5 Å². The maximum atomic E-state index is 5.34. The van der Waals surface area contributed by atoms with Crippen molar-refractivity contribution in [2.75, 3.05) is 19.5 Å². The van der Waals surface area contributed by atoms with Crippen LogP contribution in [0.3, 0.4) is 0 Å². The molecule has 1 unspecified atom stereocenters. The van der Waals surface area contributed by atoms with Gasteiger partial charge in [-0.25, -0.2) is 0 Å². The monoisotopic (exact) mass is 349 g/mol. The van der Waals surface area contributed by atoms with E-state index in [0.29, 0.717) is 6.04 Å². The zero-order chi connectivity index (χ0) is 15.2. The van der Waals surface area contributed by atoms with Gasteiger partial charge in [0.1, 0.15) is 0 Å². The van der Waals surface area contributed by atoms with Crippen molar-refractivity contribution >= 4 is 21.6 Å². The zero-order valence-corrected chi connectivity index (χ0v) is 14.1. The lowest BCUT2D eigenvalue weighted by atomic mass is 10.1. The Labute approximate surface area is 134 Å². The molecule has 2 aromatic rings. The number of nitrogens with one attached hydrogen (secondary N) is 1. The van der Waals surface area contributed by atoms with E-state index in [9.17, 15) is 0 Å². The van der Waals surface area contributed by atoms with Crippen LogP contribution in [-0.2, 0) is 6.42 Å². The van der Waals surface area contributed by atoms with Gasteiger partial charge in [0.25, 0.3) is 0 Å². The second-order valence-corrected chi connectivity index (χ2v) is 5.86. The number of rotatable bonds is 6. The molecule has 0 aliphatic carbocycles. The van der Waals surface area contributed by atoms with Crippen LogP contribution in [0.4, 0.5) is 5.69 Å². The van der Waals surface area contributed by atoms with Crippen LogP contribution >= 0.6 is 15.9 Å². The highest BCUT2D eigenvalue weighted by atomic mass is 79.9. The molecule has 1 N–H and O–H groups in total. The van der Waals surface area contributed by atoms with Crippen LogP contribution in [0.5, 0.6) is 11.5 Å². The highest BCUT2D eigenvalue weighted by Crippen LogP contribution is 2.28. The van der Waals surface area contributed by atoms with E-state index in [0.717, 1.165) is 28.1 Å². The summed E-state index contributed by atoms with van der Waals surface area (Å²) < 4.78 is 11.7. The second-order valence-electron chi connectivity index (χ2n) is 4.95. The van der Waals surface area contributed by atoms with Crippen LogP contribution < -0.4 is 14.8 Å². The minimum atomic E-state index is 0.317. The van der Waals surface area contributed by atoms with Crippen LogP contribution in [-0.4, -0.2) is 20.3 Å². The van der Waals surface area contributed by atoms with Gasteiger partial charge >= 0.3 is 0 Å². The van der Waals surface area contributed by atoms with Crippen molar-refractivity contribution in [2.45, 2.75) is 19.4 Å². The van der Waals surface area contributed by atoms with E-state index in [1.165, 1.54) is 5.56 Å². The van der Waals surface area contributed by atoms with Gasteiger partial charge in [-0.15, -0.1) is 0 Å². The minimum absolute atomic E-state index is 0.317. The SMILES string of the molecule is COc1ccc(CC(C)Nc2cccc(Br)c2)cc1OC. The third-order valence-corrected chi connectivity index (χ3v) is 3.72. The van der Waals surface area contributed by atoms with E-state index < -0.39 is 0 Å². The minimum Gasteiger partial charge on any atom is -0.493 e. The van der Waals surface area contributed by atoms with E-state index in [2.05, 4.69) is 46.4 Å². The molecule has 1 atom stereocenters. The van der Waals surface area contributed by atoms with Gasteiger partial charge in [-0.1, -0.05) is 28.1 Å². The number of anilines is 1. The molecular formula is C17H20BrNO2. The quantitative estimate of drug-likeness (QED) is 0.832. The lowest BCUT2D eigenvalue weighted by Gasteiger charge is -2.16. The smallest absolute Gasteiger partial charge is 0.160 e. The van der Waals surface area contributed by atoms with Crippen molar-refractivity contribution in [1.82, 2.24) is 0 Å². The molecule has 2 aromatic carbocycles. The van der Waals surface area contributed by atoms with Crippen molar-refractivity contribution in [1.29, 1.82) is 0 Å². The number of ether oxygens (including phenoxy) is 2. The van der Waals surface area contributed by atoms with E-state index in [1.54, 1.807) is 14.2 Å². The summed E-state index contributed by atoms with van der Waals surface area (Å²) in [7, 11) is 3.31. The normalized spacial score (nSPS) is 11.8. The molecule has 4 heteroatoms. The standard InChI is InChI=1S/C17H20BrNO2/c1-12(19-15-6-4-5-14(18)11-15)9-13-7-8-16(20-2)17(10-13)21-3/h4-8,10-12,19H,9H2,1-3H3. The first kappa shape index (κ1) is 15.7. The molecule has 0 aromatic heterocycles. The summed E-state index contributed by atoms with van der Waals surface area (Å²) in [5, 5.41) is 3.50. The first-order valence-corrected chi connectivity index (χ1v) is 7.64. The molecule has 112 valence electrons. The molecule has 0 fully saturated rings. The summed E-state index contributed by atoms with van der Waals surface area (Å²) in [6, 6.07) is 14.5. The topological polar surface area (TPSA) is 30.5 Å². The summed E-state index contributed by atoms with van der Waals surface area (Å²) in [5.41, 5.74) is 2.32. The molecule has 0 bridgehead atoms. The summed E-state index contributed by atoms with van der Waals surface area (Å²) >= 11 is 3.48.